The van der Waals surface area contributed by atoms with Crippen LogP contribution in [0.15, 0.2) is 47.2 Å². The monoisotopic (exact) mass is 680 g/mol. The van der Waals surface area contributed by atoms with Gasteiger partial charge in [0.25, 0.3) is 17.9 Å². The average Bonchev–Trinajstić information content (AvgIpc) is 3.59. The van der Waals surface area contributed by atoms with E-state index >= 15 is 0 Å². The van der Waals surface area contributed by atoms with Gasteiger partial charge in [0.05, 0.1) is 23.8 Å². The van der Waals surface area contributed by atoms with Gasteiger partial charge in [-0.05, 0) is 44.5 Å². The molecule has 0 saturated carbocycles. The fourth-order valence-corrected chi connectivity index (χ4v) is 5.38. The Hall–Kier alpha value is -4.63. The number of carbonyl (C=O) groups is 3. The first-order chi connectivity index (χ1) is 21.6. The highest BCUT2D eigenvalue weighted by atomic mass is 32.3. The van der Waals surface area contributed by atoms with Crippen molar-refractivity contribution in [3.63, 3.8) is 0 Å². The molecule has 1 aromatic carbocycles. The van der Waals surface area contributed by atoms with E-state index in [0.717, 1.165) is 35.4 Å². The predicted molar refractivity (Wildman–Crippen MR) is 159 cm³/mol. The van der Waals surface area contributed by atoms with Gasteiger partial charge in [-0.1, -0.05) is 17.3 Å². The van der Waals surface area contributed by atoms with Crippen molar-refractivity contribution < 1.29 is 51.0 Å². The van der Waals surface area contributed by atoms with E-state index < -0.39 is 58.2 Å². The van der Waals surface area contributed by atoms with Crippen LogP contribution in [0.2, 0.25) is 0 Å². The number of benzene rings is 1. The Morgan fingerprint density at radius 3 is 2.54 bits per heavy atom. The molecule has 0 bridgehead atoms. The SMILES string of the molecule is C[n+]1cc(-c2ccc(OC[C@H](O/N=C(\C(=O)N[C@@H]3C(=O)N(OS(=O)(=O)[O-])C3(C)C)c3csc(N)n3)C(=O)O)cc2)cn1CCCN. The topological polar surface area (TPSA) is 258 Å². The lowest BCUT2D eigenvalue weighted by Crippen LogP contribution is -2.76. The Labute approximate surface area is 267 Å². The van der Waals surface area contributed by atoms with Gasteiger partial charge in [0.1, 0.15) is 24.1 Å². The molecular formula is C26H32N8O10S2. The molecule has 0 radical (unpaired) electrons. The lowest BCUT2D eigenvalue weighted by atomic mass is 9.84. The summed E-state index contributed by atoms with van der Waals surface area (Å²) in [5.41, 5.74) is 11.1. The summed E-state index contributed by atoms with van der Waals surface area (Å²) >= 11 is 0.954. The van der Waals surface area contributed by atoms with Crippen molar-refractivity contribution in [3.8, 4) is 16.9 Å². The van der Waals surface area contributed by atoms with E-state index in [-0.39, 0.29) is 10.8 Å². The normalized spacial score (nSPS) is 16.9. The first kappa shape index (κ1) is 34.2. The van der Waals surface area contributed by atoms with E-state index in [2.05, 4.69) is 19.7 Å². The van der Waals surface area contributed by atoms with Crippen LogP contribution in [0.1, 0.15) is 26.0 Å². The molecule has 2 atom stereocenters. The molecule has 2 amide bonds. The van der Waals surface area contributed by atoms with Gasteiger partial charge in [0, 0.05) is 5.38 Å². The van der Waals surface area contributed by atoms with Gasteiger partial charge < -0.3 is 36.0 Å². The van der Waals surface area contributed by atoms with Crippen LogP contribution in [-0.4, -0.2) is 87.1 Å². The number of nitrogen functional groups attached to an aromatic ring is 1. The van der Waals surface area contributed by atoms with Crippen molar-refractivity contribution >= 4 is 50.4 Å². The number of aromatic nitrogens is 3. The second-order valence-corrected chi connectivity index (χ2v) is 12.4. The Morgan fingerprint density at radius 2 is 1.98 bits per heavy atom. The van der Waals surface area contributed by atoms with Crippen molar-refractivity contribution in [2.45, 2.75) is 44.5 Å². The molecule has 6 N–H and O–H groups in total. The average molecular weight is 681 g/mol. The second kappa shape index (κ2) is 13.8. The highest BCUT2D eigenvalue weighted by Gasteiger charge is 2.57. The largest absolute Gasteiger partial charge is 0.724 e. The Balaban J connectivity index is 1.44. The summed E-state index contributed by atoms with van der Waals surface area (Å²) in [5, 5.41) is 17.5. The summed E-state index contributed by atoms with van der Waals surface area (Å²) in [4.78, 5) is 46.7. The van der Waals surface area contributed by atoms with Crippen molar-refractivity contribution in [2.75, 3.05) is 18.9 Å². The number of nitrogens with zero attached hydrogens (tertiary/aromatic N) is 5. The molecule has 20 heteroatoms. The summed E-state index contributed by atoms with van der Waals surface area (Å²) in [6, 6.07) is 5.59. The maximum absolute atomic E-state index is 13.2. The third kappa shape index (κ3) is 7.95. The summed E-state index contributed by atoms with van der Waals surface area (Å²) in [6.45, 7) is 3.52. The quantitative estimate of drug-likeness (QED) is 0.0380. The molecule has 0 aliphatic carbocycles. The Bertz CT molecular complexity index is 1740. The fourth-order valence-electron chi connectivity index (χ4n) is 4.38. The van der Waals surface area contributed by atoms with Gasteiger partial charge in [-0.15, -0.1) is 16.0 Å². The molecule has 3 heterocycles. The molecule has 0 unspecified atom stereocenters. The summed E-state index contributed by atoms with van der Waals surface area (Å²) in [6.07, 6.45) is 3.11. The zero-order valence-electron chi connectivity index (χ0n) is 24.9. The minimum Gasteiger partial charge on any atom is -0.724 e. The number of hydrogen-bond donors (Lipinski definition) is 4. The number of aliphatic carboxylic acids is 1. The summed E-state index contributed by atoms with van der Waals surface area (Å²) in [7, 11) is -3.34. The number of amides is 2. The number of carboxylic acids is 1. The van der Waals surface area contributed by atoms with Gasteiger partial charge in [-0.2, -0.15) is 14.0 Å². The van der Waals surface area contributed by atoms with Crippen molar-refractivity contribution in [2.24, 2.45) is 17.9 Å². The van der Waals surface area contributed by atoms with E-state index in [4.69, 9.17) is 21.0 Å². The van der Waals surface area contributed by atoms with E-state index in [1.807, 2.05) is 40.9 Å². The molecule has 3 aromatic rings. The predicted octanol–water partition coefficient (Wildman–Crippen LogP) is -0.883. The van der Waals surface area contributed by atoms with Crippen molar-refractivity contribution in [1.29, 1.82) is 0 Å². The lowest BCUT2D eigenvalue weighted by Gasteiger charge is -2.51. The zero-order valence-corrected chi connectivity index (χ0v) is 26.5. The number of aryl methyl sites for hydroxylation is 2. The molecule has 1 aliphatic rings. The number of hydrogen-bond acceptors (Lipinski definition) is 14. The molecule has 248 valence electrons. The first-order valence-corrected chi connectivity index (χ1v) is 15.8. The number of rotatable bonds is 15. The molecule has 1 saturated heterocycles. The number of nitrogens with one attached hydrogen (secondary N) is 1. The van der Waals surface area contributed by atoms with Crippen LogP contribution >= 0.6 is 11.3 Å². The summed E-state index contributed by atoms with van der Waals surface area (Å²) in [5.74, 6) is -3.17. The molecule has 46 heavy (non-hydrogen) atoms. The van der Waals surface area contributed by atoms with Gasteiger partial charge in [0.15, 0.2) is 17.9 Å². The van der Waals surface area contributed by atoms with Crippen LogP contribution < -0.4 is 26.2 Å². The van der Waals surface area contributed by atoms with Crippen molar-refractivity contribution in [1.82, 2.24) is 20.0 Å². The van der Waals surface area contributed by atoms with Gasteiger partial charge in [-0.3, -0.25) is 9.59 Å². The van der Waals surface area contributed by atoms with Gasteiger partial charge >= 0.3 is 5.97 Å². The number of thiazole rings is 1. The highest BCUT2D eigenvalue weighted by Crippen LogP contribution is 2.33. The molecule has 1 fully saturated rings. The number of ether oxygens (including phenoxy) is 1. The smallest absolute Gasteiger partial charge is 0.351 e. The molecule has 18 nitrogen and oxygen atoms in total. The van der Waals surface area contributed by atoms with Crippen molar-refractivity contribution in [3.05, 3.63) is 47.7 Å². The highest BCUT2D eigenvalue weighted by molar-refractivity contribution is 7.80. The number of carboxylic acid groups (broad SMARTS) is 1. The number of hydroxylamine groups is 2. The minimum atomic E-state index is -5.26. The van der Waals surface area contributed by atoms with Gasteiger partial charge in [0.2, 0.25) is 16.6 Å². The van der Waals surface area contributed by atoms with Crippen LogP contribution in [0.4, 0.5) is 5.13 Å². The fraction of sp³-hybridized carbons (Fsp3) is 0.385. The maximum Gasteiger partial charge on any atom is 0.351 e. The number of carbonyl (C=O) groups excluding carboxylic acids is 2. The minimum absolute atomic E-state index is 0.0539. The molecular weight excluding hydrogens is 648 g/mol. The molecule has 4 rings (SSSR count). The van der Waals surface area contributed by atoms with E-state index in [1.165, 1.54) is 19.2 Å². The maximum atomic E-state index is 13.2. The number of nitrogens with two attached hydrogens (primary N) is 2. The van der Waals surface area contributed by atoms with E-state index in [9.17, 15) is 32.5 Å². The third-order valence-corrected chi connectivity index (χ3v) is 7.85. The van der Waals surface area contributed by atoms with Crippen LogP contribution in [-0.2, 0) is 47.5 Å². The number of anilines is 1. The molecule has 2 aromatic heterocycles. The second-order valence-electron chi connectivity index (χ2n) is 10.5. The third-order valence-electron chi connectivity index (χ3n) is 6.84. The Kier molecular flexibility index (Phi) is 10.3. The van der Waals surface area contributed by atoms with Crippen LogP contribution in [0.3, 0.4) is 0 Å². The summed E-state index contributed by atoms with van der Waals surface area (Å²) < 4.78 is 46.7. The van der Waals surface area contributed by atoms with Gasteiger partial charge in [-0.25, -0.2) is 18.2 Å². The number of β-lactam (4-membered cyclic amide) rings is 1. The van der Waals surface area contributed by atoms with Crippen LogP contribution in [0.25, 0.3) is 11.1 Å². The zero-order chi connectivity index (χ0) is 33.8. The van der Waals surface area contributed by atoms with Crippen LogP contribution in [0.5, 0.6) is 5.75 Å². The lowest BCUT2D eigenvalue weighted by molar-refractivity contribution is -0.753. The van der Waals surface area contributed by atoms with E-state index in [0.29, 0.717) is 17.4 Å². The van der Waals surface area contributed by atoms with Crippen LogP contribution in [0, 0.1) is 0 Å². The first-order valence-electron chi connectivity index (χ1n) is 13.6. The molecule has 1 aliphatic heterocycles. The molecule has 0 spiro atoms. The standard InChI is InChI=1S/C26H32N8O10S2/c1-26(2)21(23(36)34(26)44-46(39,40)41)30-22(35)20(18-14-45-25(28)29-18)31-43-19(24(37)38)13-42-17-7-5-15(6-8-17)16-11-32(3)33(12-16)10-4-9-27/h5-8,11-12,14,19,21H,4,9-10,13,27H2,1-3H3,(H4-,28,29,30,35,37,38,39,40,41)/b31-20-/t19-,21+/m0/s1. The number of oxime groups is 1. The van der Waals surface area contributed by atoms with E-state index in [1.54, 1.807) is 12.1 Å². The Morgan fingerprint density at radius 1 is 1.28 bits per heavy atom.